The Morgan fingerprint density at radius 3 is 2.59 bits per heavy atom. The molecule has 3 rings (SSSR count). The molecule has 1 atom stereocenters. The van der Waals surface area contributed by atoms with E-state index < -0.39 is 20.3 Å². The van der Waals surface area contributed by atoms with Gasteiger partial charge in [-0.1, -0.05) is 29.3 Å². The fraction of sp³-hybridized carbons (Fsp3) is 0.250. The Morgan fingerprint density at radius 1 is 1.22 bits per heavy atom. The lowest BCUT2D eigenvalue weighted by atomic mass is 10.2. The highest BCUT2D eigenvalue weighted by Crippen LogP contribution is 2.43. The summed E-state index contributed by atoms with van der Waals surface area (Å²) >= 11 is 13.2. The minimum absolute atomic E-state index is 0.0208. The van der Waals surface area contributed by atoms with Crippen LogP contribution in [-0.2, 0) is 10.0 Å². The summed E-state index contributed by atoms with van der Waals surface area (Å²) in [6.07, 6.45) is 0. The Balaban J connectivity index is 2.01. The summed E-state index contributed by atoms with van der Waals surface area (Å²) in [5.41, 5.74) is 0.294. The van der Waals surface area contributed by atoms with Gasteiger partial charge in [0.15, 0.2) is 5.75 Å². The molecule has 7 nitrogen and oxygen atoms in total. The maximum atomic E-state index is 13.1. The number of sulfonamides is 1. The van der Waals surface area contributed by atoms with Crippen LogP contribution in [0.4, 0.5) is 5.69 Å². The molecule has 1 aliphatic rings. The smallest absolute Gasteiger partial charge is 0.311 e. The van der Waals surface area contributed by atoms with Crippen molar-refractivity contribution in [3.8, 4) is 5.75 Å². The first kappa shape index (κ1) is 20.2. The van der Waals surface area contributed by atoms with Crippen LogP contribution in [0, 0.1) is 10.1 Å². The number of benzene rings is 2. The average Bonchev–Trinajstić information content (AvgIpc) is 3.14. The van der Waals surface area contributed by atoms with Crippen molar-refractivity contribution in [2.75, 3.05) is 19.4 Å². The topological polar surface area (TPSA) is 89.8 Å². The van der Waals surface area contributed by atoms with E-state index in [-0.39, 0.29) is 32.9 Å². The van der Waals surface area contributed by atoms with Crippen molar-refractivity contribution in [2.45, 2.75) is 10.3 Å². The third kappa shape index (κ3) is 3.88. The second-order valence-electron chi connectivity index (χ2n) is 5.60. The summed E-state index contributed by atoms with van der Waals surface area (Å²) in [6.45, 7) is 0.276. The van der Waals surface area contributed by atoms with Crippen LogP contribution in [0.1, 0.15) is 10.9 Å². The summed E-state index contributed by atoms with van der Waals surface area (Å²) in [5, 5.41) is 11.1. The predicted octanol–water partition coefficient (Wildman–Crippen LogP) is 4.35. The fourth-order valence-electron chi connectivity index (χ4n) is 2.74. The number of ether oxygens (including phenoxy) is 1. The average molecular weight is 449 g/mol. The Hall–Kier alpha value is -1.52. The van der Waals surface area contributed by atoms with E-state index in [1.54, 1.807) is 6.07 Å². The number of rotatable bonds is 5. The molecule has 1 saturated heterocycles. The molecule has 1 fully saturated rings. The molecule has 0 unspecified atom stereocenters. The summed E-state index contributed by atoms with van der Waals surface area (Å²) in [6, 6.07) is 8.56. The Labute approximate surface area is 170 Å². The third-order valence-corrected chi connectivity index (χ3v) is 8.03. The van der Waals surface area contributed by atoms with E-state index in [4.69, 9.17) is 27.9 Å². The predicted molar refractivity (Wildman–Crippen MR) is 105 cm³/mol. The first-order valence-corrected chi connectivity index (χ1v) is 10.9. The SMILES string of the molecule is COc1ccc([C@H]2SCCN2S(=O)(=O)c2ccc(Cl)c(Cl)c2)cc1[N+](=O)[O-]. The molecule has 0 bridgehead atoms. The molecule has 11 heteroatoms. The number of hydrogen-bond donors (Lipinski definition) is 0. The highest BCUT2D eigenvalue weighted by atomic mass is 35.5. The Morgan fingerprint density at radius 2 is 1.96 bits per heavy atom. The van der Waals surface area contributed by atoms with E-state index in [0.717, 1.165) is 0 Å². The highest BCUT2D eigenvalue weighted by Gasteiger charge is 2.38. The molecule has 2 aromatic carbocycles. The number of thioether (sulfide) groups is 1. The number of nitrogens with zero attached hydrogens (tertiary/aromatic N) is 2. The van der Waals surface area contributed by atoms with Crippen LogP contribution in [0.5, 0.6) is 5.75 Å². The summed E-state index contributed by atoms with van der Waals surface area (Å²) < 4.78 is 32.5. The van der Waals surface area contributed by atoms with E-state index in [2.05, 4.69) is 0 Å². The Kier molecular flexibility index (Phi) is 5.87. The van der Waals surface area contributed by atoms with Crippen LogP contribution in [-0.4, -0.2) is 37.1 Å². The highest BCUT2D eigenvalue weighted by molar-refractivity contribution is 8.01. The third-order valence-electron chi connectivity index (χ3n) is 4.03. The molecular formula is C16H14Cl2N2O5S2. The molecule has 144 valence electrons. The van der Waals surface area contributed by atoms with Crippen LogP contribution < -0.4 is 4.74 Å². The van der Waals surface area contributed by atoms with Crippen molar-refractivity contribution in [3.05, 3.63) is 62.1 Å². The monoisotopic (exact) mass is 448 g/mol. The van der Waals surface area contributed by atoms with E-state index in [9.17, 15) is 18.5 Å². The normalized spacial score (nSPS) is 17.8. The van der Waals surface area contributed by atoms with Gasteiger partial charge >= 0.3 is 5.69 Å². The number of methoxy groups -OCH3 is 1. The molecule has 0 aromatic heterocycles. The van der Waals surface area contributed by atoms with E-state index in [0.29, 0.717) is 11.3 Å². The van der Waals surface area contributed by atoms with Crippen molar-refractivity contribution in [1.29, 1.82) is 0 Å². The lowest BCUT2D eigenvalue weighted by molar-refractivity contribution is -0.385. The molecule has 0 spiro atoms. The van der Waals surface area contributed by atoms with Gasteiger partial charge in [0.25, 0.3) is 0 Å². The maximum absolute atomic E-state index is 13.1. The summed E-state index contributed by atoms with van der Waals surface area (Å²) in [4.78, 5) is 10.7. The minimum Gasteiger partial charge on any atom is -0.490 e. The van der Waals surface area contributed by atoms with Crippen molar-refractivity contribution in [1.82, 2.24) is 4.31 Å². The van der Waals surface area contributed by atoms with Crippen LogP contribution in [0.2, 0.25) is 10.0 Å². The van der Waals surface area contributed by atoms with Gasteiger partial charge in [0.1, 0.15) is 0 Å². The first-order chi connectivity index (χ1) is 12.8. The van der Waals surface area contributed by atoms with Crippen LogP contribution in [0.3, 0.4) is 0 Å². The molecule has 0 saturated carbocycles. The zero-order valence-corrected chi connectivity index (χ0v) is 17.1. The largest absolute Gasteiger partial charge is 0.490 e. The van der Waals surface area contributed by atoms with E-state index >= 15 is 0 Å². The first-order valence-electron chi connectivity index (χ1n) is 7.66. The molecule has 1 heterocycles. The summed E-state index contributed by atoms with van der Waals surface area (Å²) in [7, 11) is -2.52. The number of hydrogen-bond acceptors (Lipinski definition) is 6. The molecule has 27 heavy (non-hydrogen) atoms. The Bertz CT molecular complexity index is 1000. The minimum atomic E-state index is -3.86. The van der Waals surface area contributed by atoms with E-state index in [1.165, 1.54) is 53.5 Å². The molecule has 0 aliphatic carbocycles. The summed E-state index contributed by atoms with van der Waals surface area (Å²) in [5.74, 6) is 0.677. The van der Waals surface area contributed by atoms with Gasteiger partial charge in [-0.2, -0.15) is 4.31 Å². The van der Waals surface area contributed by atoms with Gasteiger partial charge in [-0.05, 0) is 29.8 Å². The van der Waals surface area contributed by atoms with Crippen molar-refractivity contribution in [2.24, 2.45) is 0 Å². The van der Waals surface area contributed by atoms with Gasteiger partial charge in [0.05, 0.1) is 32.3 Å². The van der Waals surface area contributed by atoms with Crippen molar-refractivity contribution in [3.63, 3.8) is 0 Å². The van der Waals surface area contributed by atoms with Crippen LogP contribution >= 0.6 is 35.0 Å². The lowest BCUT2D eigenvalue weighted by Gasteiger charge is -2.23. The van der Waals surface area contributed by atoms with Crippen molar-refractivity contribution < 1.29 is 18.1 Å². The number of nitro benzene ring substituents is 1. The second-order valence-corrected chi connectivity index (χ2v) is 9.50. The zero-order chi connectivity index (χ0) is 19.8. The fourth-order valence-corrected chi connectivity index (χ4v) is 6.36. The molecular weight excluding hydrogens is 435 g/mol. The van der Waals surface area contributed by atoms with Crippen LogP contribution in [0.15, 0.2) is 41.3 Å². The van der Waals surface area contributed by atoms with Crippen LogP contribution in [0.25, 0.3) is 0 Å². The second kappa shape index (κ2) is 7.84. The van der Waals surface area contributed by atoms with Gasteiger partial charge in [-0.15, -0.1) is 11.8 Å². The quantitative estimate of drug-likeness (QED) is 0.498. The number of nitro groups is 1. The molecule has 0 radical (unpaired) electrons. The maximum Gasteiger partial charge on any atom is 0.311 e. The lowest BCUT2D eigenvalue weighted by Crippen LogP contribution is -2.30. The van der Waals surface area contributed by atoms with Gasteiger partial charge in [-0.3, -0.25) is 10.1 Å². The van der Waals surface area contributed by atoms with Gasteiger partial charge in [-0.25, -0.2) is 8.42 Å². The standard InChI is InChI=1S/C16H14Cl2N2O5S2/c1-25-15-5-2-10(8-14(15)20(21)22)16-19(6-7-26-16)27(23,24)11-3-4-12(17)13(18)9-11/h2-5,8-9,16H,6-7H2,1H3/t16-/m1/s1. The molecule has 1 aliphatic heterocycles. The van der Waals surface area contributed by atoms with Crippen molar-refractivity contribution >= 4 is 50.7 Å². The van der Waals surface area contributed by atoms with Gasteiger partial charge < -0.3 is 4.74 Å². The van der Waals surface area contributed by atoms with Gasteiger partial charge in [0.2, 0.25) is 10.0 Å². The zero-order valence-electron chi connectivity index (χ0n) is 14.0. The van der Waals surface area contributed by atoms with E-state index in [1.807, 2.05) is 0 Å². The molecule has 2 aromatic rings. The molecule has 0 N–H and O–H groups in total. The number of halogens is 2. The molecule has 0 amide bonds. The van der Waals surface area contributed by atoms with Gasteiger partial charge in [0, 0.05) is 18.4 Å².